The van der Waals surface area contributed by atoms with Gasteiger partial charge in [0.15, 0.2) is 0 Å². The van der Waals surface area contributed by atoms with Gasteiger partial charge in [-0.2, -0.15) is 0 Å². The van der Waals surface area contributed by atoms with E-state index in [4.69, 9.17) is 14.5 Å². The van der Waals surface area contributed by atoms with E-state index in [-0.39, 0.29) is 24.2 Å². The molecule has 0 bridgehead atoms. The minimum absolute atomic E-state index is 0.111. The van der Waals surface area contributed by atoms with Crippen LogP contribution in [-0.4, -0.2) is 65.3 Å². The van der Waals surface area contributed by atoms with Gasteiger partial charge in [-0.05, 0) is 52.0 Å². The average Bonchev–Trinajstić information content (AvgIpc) is 2.78. The van der Waals surface area contributed by atoms with Crippen molar-refractivity contribution in [3.05, 3.63) is 46.9 Å². The Kier molecular flexibility index (Phi) is 6.78. The zero-order chi connectivity index (χ0) is 23.5. The van der Waals surface area contributed by atoms with Crippen molar-refractivity contribution >= 4 is 23.5 Å². The zero-order valence-corrected chi connectivity index (χ0v) is 19.6. The van der Waals surface area contributed by atoms with Gasteiger partial charge in [0.2, 0.25) is 0 Å². The molecule has 2 aliphatic heterocycles. The van der Waals surface area contributed by atoms with Gasteiger partial charge < -0.3 is 24.6 Å². The fourth-order valence-corrected chi connectivity index (χ4v) is 4.41. The van der Waals surface area contributed by atoms with Crippen molar-refractivity contribution in [3.63, 3.8) is 0 Å². The Morgan fingerprint density at radius 3 is 2.52 bits per heavy atom. The van der Waals surface area contributed by atoms with Crippen LogP contribution in [0.25, 0.3) is 0 Å². The number of amides is 2. The number of hydrogen-bond donors (Lipinski definition) is 1. The summed E-state index contributed by atoms with van der Waals surface area (Å²) in [6.07, 6.45) is 0.900. The number of rotatable bonds is 4. The fraction of sp³-hybridized carbons (Fsp3) is 0.500. The predicted molar refractivity (Wildman–Crippen MR) is 125 cm³/mol. The number of carbonyl (C=O) groups excluding carboxylic acids is 2. The van der Waals surface area contributed by atoms with E-state index in [2.05, 4.69) is 29.0 Å². The van der Waals surface area contributed by atoms with Gasteiger partial charge in [0.05, 0.1) is 36.6 Å². The van der Waals surface area contributed by atoms with Gasteiger partial charge >= 0.3 is 12.0 Å². The number of anilines is 2. The van der Waals surface area contributed by atoms with E-state index in [1.54, 1.807) is 36.1 Å². The van der Waals surface area contributed by atoms with Crippen molar-refractivity contribution in [1.29, 1.82) is 0 Å². The van der Waals surface area contributed by atoms with Crippen LogP contribution in [0.2, 0.25) is 0 Å². The first-order valence-corrected chi connectivity index (χ1v) is 11.4. The fourth-order valence-electron chi connectivity index (χ4n) is 4.41. The monoisotopic (exact) mass is 453 g/mol. The van der Waals surface area contributed by atoms with Crippen molar-refractivity contribution in [1.82, 2.24) is 14.9 Å². The molecule has 1 saturated heterocycles. The summed E-state index contributed by atoms with van der Waals surface area (Å²) >= 11 is 0. The molecule has 4 rings (SSSR count). The molecule has 0 radical (unpaired) electrons. The van der Waals surface area contributed by atoms with Crippen LogP contribution in [0.1, 0.15) is 48.2 Å². The van der Waals surface area contributed by atoms with Crippen LogP contribution < -0.4 is 10.2 Å². The molecule has 2 atom stereocenters. The number of urea groups is 1. The number of ether oxygens (including phenoxy) is 2. The summed E-state index contributed by atoms with van der Waals surface area (Å²) in [4.78, 5) is 38.3. The van der Waals surface area contributed by atoms with Gasteiger partial charge in [-0.25, -0.2) is 19.6 Å². The molecule has 2 aliphatic rings. The smallest absolute Gasteiger partial charge is 0.338 e. The number of morpholine rings is 1. The normalized spacial score (nSPS) is 20.2. The molecule has 1 fully saturated rings. The SMILES string of the molecule is CCOC(=O)c1ccc(NC(=O)N2CCc3nc(C)nc(N4CC(C)OC(C)C4)c3C2)cc1. The number of benzene rings is 1. The summed E-state index contributed by atoms with van der Waals surface area (Å²) in [5.41, 5.74) is 3.08. The zero-order valence-electron chi connectivity index (χ0n) is 19.6. The van der Waals surface area contributed by atoms with Crippen LogP contribution in [0.3, 0.4) is 0 Å². The largest absolute Gasteiger partial charge is 0.462 e. The molecule has 1 aromatic carbocycles. The number of nitrogens with zero attached hydrogens (tertiary/aromatic N) is 4. The molecule has 2 amide bonds. The molecule has 33 heavy (non-hydrogen) atoms. The standard InChI is InChI=1S/C24H31N5O4/c1-5-32-23(30)18-6-8-19(9-7-18)27-24(31)28-11-10-21-20(14-28)22(26-17(4)25-21)29-12-15(2)33-16(3)13-29/h6-9,15-16H,5,10-14H2,1-4H3,(H,27,31). The molecule has 0 saturated carbocycles. The highest BCUT2D eigenvalue weighted by molar-refractivity contribution is 5.92. The van der Waals surface area contributed by atoms with E-state index in [1.165, 1.54) is 0 Å². The summed E-state index contributed by atoms with van der Waals surface area (Å²) in [6.45, 7) is 10.7. The summed E-state index contributed by atoms with van der Waals surface area (Å²) < 4.78 is 10.9. The molecule has 3 heterocycles. The number of aromatic nitrogens is 2. The van der Waals surface area contributed by atoms with Crippen molar-refractivity contribution in [2.75, 3.05) is 36.5 Å². The van der Waals surface area contributed by atoms with Gasteiger partial charge in [0.1, 0.15) is 11.6 Å². The first-order valence-electron chi connectivity index (χ1n) is 11.4. The lowest BCUT2D eigenvalue weighted by molar-refractivity contribution is -0.00558. The first-order chi connectivity index (χ1) is 15.8. The second-order valence-corrected chi connectivity index (χ2v) is 8.58. The van der Waals surface area contributed by atoms with Crippen LogP contribution in [-0.2, 0) is 22.4 Å². The quantitative estimate of drug-likeness (QED) is 0.710. The summed E-state index contributed by atoms with van der Waals surface area (Å²) in [5, 5.41) is 2.93. The van der Waals surface area contributed by atoms with E-state index in [0.29, 0.717) is 37.4 Å². The number of carbonyl (C=O) groups is 2. The number of fused-ring (bicyclic) bond motifs is 1. The molecule has 2 aromatic rings. The average molecular weight is 454 g/mol. The van der Waals surface area contributed by atoms with Gasteiger partial charge in [-0.1, -0.05) is 0 Å². The van der Waals surface area contributed by atoms with Crippen LogP contribution >= 0.6 is 0 Å². The predicted octanol–water partition coefficient (Wildman–Crippen LogP) is 3.17. The number of esters is 1. The molecule has 1 aromatic heterocycles. The highest BCUT2D eigenvalue weighted by Gasteiger charge is 2.30. The molecular weight excluding hydrogens is 422 g/mol. The third-order valence-electron chi connectivity index (χ3n) is 5.80. The second-order valence-electron chi connectivity index (χ2n) is 8.58. The minimum Gasteiger partial charge on any atom is -0.462 e. The third kappa shape index (κ3) is 5.24. The minimum atomic E-state index is -0.377. The van der Waals surface area contributed by atoms with Crippen LogP contribution in [0, 0.1) is 6.92 Å². The van der Waals surface area contributed by atoms with E-state index < -0.39 is 0 Å². The maximum absolute atomic E-state index is 13.0. The number of aryl methyl sites for hydroxylation is 1. The van der Waals surface area contributed by atoms with Crippen LogP contribution in [0.4, 0.5) is 16.3 Å². The molecule has 176 valence electrons. The Hall–Kier alpha value is -3.20. The molecule has 2 unspecified atom stereocenters. The topological polar surface area (TPSA) is 96.9 Å². The van der Waals surface area contributed by atoms with Gasteiger partial charge in [-0.3, -0.25) is 0 Å². The van der Waals surface area contributed by atoms with Crippen molar-refractivity contribution in [2.24, 2.45) is 0 Å². The Labute approximate surface area is 194 Å². The number of hydrogen-bond acceptors (Lipinski definition) is 7. The number of nitrogens with one attached hydrogen (secondary N) is 1. The van der Waals surface area contributed by atoms with Crippen LogP contribution in [0.5, 0.6) is 0 Å². The van der Waals surface area contributed by atoms with Gasteiger partial charge in [0.25, 0.3) is 0 Å². The lowest BCUT2D eigenvalue weighted by Gasteiger charge is -2.38. The highest BCUT2D eigenvalue weighted by Crippen LogP contribution is 2.29. The summed E-state index contributed by atoms with van der Waals surface area (Å²) in [7, 11) is 0. The maximum Gasteiger partial charge on any atom is 0.338 e. The molecule has 0 spiro atoms. The van der Waals surface area contributed by atoms with E-state index in [0.717, 1.165) is 36.0 Å². The first kappa shape index (κ1) is 23.0. The second kappa shape index (κ2) is 9.74. The molecular formula is C24H31N5O4. The summed E-state index contributed by atoms with van der Waals surface area (Å²) in [6, 6.07) is 6.51. The van der Waals surface area contributed by atoms with Crippen molar-refractivity contribution < 1.29 is 19.1 Å². The molecule has 9 heteroatoms. The van der Waals surface area contributed by atoms with Gasteiger partial charge in [0, 0.05) is 37.3 Å². The van der Waals surface area contributed by atoms with Crippen molar-refractivity contribution in [2.45, 2.75) is 52.9 Å². The van der Waals surface area contributed by atoms with Gasteiger partial charge in [-0.15, -0.1) is 0 Å². The summed E-state index contributed by atoms with van der Waals surface area (Å²) in [5.74, 6) is 1.27. The molecule has 1 N–H and O–H groups in total. The van der Waals surface area contributed by atoms with E-state index in [1.807, 2.05) is 6.92 Å². The highest BCUT2D eigenvalue weighted by atomic mass is 16.5. The Morgan fingerprint density at radius 2 is 1.85 bits per heavy atom. The molecule has 9 nitrogen and oxygen atoms in total. The maximum atomic E-state index is 13.0. The third-order valence-corrected chi connectivity index (χ3v) is 5.80. The van der Waals surface area contributed by atoms with E-state index in [9.17, 15) is 9.59 Å². The van der Waals surface area contributed by atoms with Crippen LogP contribution in [0.15, 0.2) is 24.3 Å². The lowest BCUT2D eigenvalue weighted by Crippen LogP contribution is -2.47. The van der Waals surface area contributed by atoms with E-state index >= 15 is 0 Å². The molecule has 0 aliphatic carbocycles. The lowest BCUT2D eigenvalue weighted by atomic mass is 10.0. The van der Waals surface area contributed by atoms with Crippen molar-refractivity contribution in [3.8, 4) is 0 Å². The Balaban J connectivity index is 1.49. The Morgan fingerprint density at radius 1 is 1.15 bits per heavy atom. The Bertz CT molecular complexity index is 1020.